The van der Waals surface area contributed by atoms with E-state index in [0.29, 0.717) is 23.1 Å². The Balaban J connectivity index is 2.19. The summed E-state index contributed by atoms with van der Waals surface area (Å²) in [7, 11) is 0. The molecular weight excluding hydrogens is 236 g/mol. The van der Waals surface area contributed by atoms with Gasteiger partial charge in [-0.05, 0) is 25.5 Å². The first-order valence-electron chi connectivity index (χ1n) is 5.30. The molecule has 0 saturated carbocycles. The Morgan fingerprint density at radius 1 is 1.50 bits per heavy atom. The lowest BCUT2D eigenvalue weighted by Gasteiger charge is -2.08. The van der Waals surface area contributed by atoms with Crippen molar-refractivity contribution in [2.24, 2.45) is 0 Å². The highest BCUT2D eigenvalue weighted by atomic mass is 16.5. The highest BCUT2D eigenvalue weighted by Crippen LogP contribution is 2.17. The van der Waals surface area contributed by atoms with Crippen molar-refractivity contribution in [1.29, 1.82) is 0 Å². The van der Waals surface area contributed by atoms with Crippen LogP contribution in [0.25, 0.3) is 0 Å². The van der Waals surface area contributed by atoms with Crippen LogP contribution in [0, 0.1) is 13.8 Å². The molecule has 0 aliphatic rings. The van der Waals surface area contributed by atoms with Crippen molar-refractivity contribution in [2.45, 2.75) is 20.4 Å². The number of aryl methyl sites for hydroxylation is 2. The van der Waals surface area contributed by atoms with Gasteiger partial charge >= 0.3 is 5.97 Å². The molecule has 0 radical (unpaired) electrons. The quantitative estimate of drug-likeness (QED) is 0.842. The van der Waals surface area contributed by atoms with Gasteiger partial charge in [-0.15, -0.1) is 0 Å². The largest absolute Gasteiger partial charge is 0.478 e. The van der Waals surface area contributed by atoms with Crippen LogP contribution in [0.4, 0.5) is 5.82 Å². The van der Waals surface area contributed by atoms with Crippen LogP contribution >= 0.6 is 0 Å². The van der Waals surface area contributed by atoms with Crippen LogP contribution in [0.3, 0.4) is 0 Å². The smallest absolute Gasteiger partial charge is 0.339 e. The number of carboxylic acids is 1. The van der Waals surface area contributed by atoms with Crippen molar-refractivity contribution < 1.29 is 14.4 Å². The molecule has 94 valence electrons. The van der Waals surface area contributed by atoms with E-state index in [0.717, 1.165) is 0 Å². The zero-order chi connectivity index (χ0) is 13.1. The van der Waals surface area contributed by atoms with Crippen molar-refractivity contribution in [2.75, 3.05) is 5.32 Å². The van der Waals surface area contributed by atoms with Crippen LogP contribution in [0.5, 0.6) is 0 Å². The average molecular weight is 248 g/mol. The van der Waals surface area contributed by atoms with Gasteiger partial charge in [-0.25, -0.2) is 9.78 Å². The number of hydrogen-bond donors (Lipinski definition) is 2. The number of aromatic nitrogens is 3. The van der Waals surface area contributed by atoms with Crippen molar-refractivity contribution in [3.63, 3.8) is 0 Å². The number of carboxylic acid groups (broad SMARTS) is 1. The maximum atomic E-state index is 11.1. The normalized spacial score (nSPS) is 10.3. The molecule has 0 fully saturated rings. The van der Waals surface area contributed by atoms with Gasteiger partial charge in [0.05, 0.1) is 6.54 Å². The SMILES string of the molecule is Cc1noc(CNc2nccc(C)c2C(=O)O)n1. The summed E-state index contributed by atoms with van der Waals surface area (Å²) in [5, 5.41) is 15.6. The Bertz CT molecular complexity index is 579. The first kappa shape index (κ1) is 12.0. The zero-order valence-electron chi connectivity index (χ0n) is 9.97. The van der Waals surface area contributed by atoms with Gasteiger partial charge in [0.15, 0.2) is 5.82 Å². The Kier molecular flexibility index (Phi) is 3.22. The van der Waals surface area contributed by atoms with Gasteiger partial charge in [0.1, 0.15) is 11.4 Å². The average Bonchev–Trinajstić information content (AvgIpc) is 2.72. The highest BCUT2D eigenvalue weighted by Gasteiger charge is 2.14. The molecule has 2 aromatic rings. The minimum Gasteiger partial charge on any atom is -0.478 e. The minimum atomic E-state index is -1.02. The first-order valence-corrected chi connectivity index (χ1v) is 5.30. The fraction of sp³-hybridized carbons (Fsp3) is 0.273. The Hall–Kier alpha value is -2.44. The molecule has 7 heteroatoms. The maximum Gasteiger partial charge on any atom is 0.339 e. The third-order valence-electron chi connectivity index (χ3n) is 2.35. The topological polar surface area (TPSA) is 101 Å². The van der Waals surface area contributed by atoms with Crippen LogP contribution in [-0.2, 0) is 6.54 Å². The summed E-state index contributed by atoms with van der Waals surface area (Å²) in [4.78, 5) is 19.1. The van der Waals surface area contributed by atoms with E-state index in [9.17, 15) is 4.79 Å². The second kappa shape index (κ2) is 4.82. The van der Waals surface area contributed by atoms with Crippen molar-refractivity contribution >= 4 is 11.8 Å². The lowest BCUT2D eigenvalue weighted by Crippen LogP contribution is -2.10. The van der Waals surface area contributed by atoms with Gasteiger partial charge in [-0.3, -0.25) is 0 Å². The molecule has 0 aromatic carbocycles. The molecule has 2 N–H and O–H groups in total. The van der Waals surface area contributed by atoms with Crippen LogP contribution in [-0.4, -0.2) is 26.2 Å². The van der Waals surface area contributed by atoms with Crippen LogP contribution < -0.4 is 5.32 Å². The predicted octanol–water partition coefficient (Wildman–Crippen LogP) is 1.39. The minimum absolute atomic E-state index is 0.147. The Morgan fingerprint density at radius 3 is 2.89 bits per heavy atom. The predicted molar refractivity (Wildman–Crippen MR) is 62.3 cm³/mol. The van der Waals surface area contributed by atoms with Gasteiger partial charge in [-0.1, -0.05) is 5.16 Å². The number of carbonyl (C=O) groups is 1. The number of nitrogens with zero attached hydrogens (tertiary/aromatic N) is 3. The second-order valence-corrected chi connectivity index (χ2v) is 3.75. The number of anilines is 1. The monoisotopic (exact) mass is 248 g/mol. The molecule has 0 spiro atoms. The zero-order valence-corrected chi connectivity index (χ0v) is 9.97. The van der Waals surface area contributed by atoms with Crippen molar-refractivity contribution in [1.82, 2.24) is 15.1 Å². The van der Waals surface area contributed by atoms with E-state index in [1.807, 2.05) is 0 Å². The van der Waals surface area contributed by atoms with E-state index < -0.39 is 5.97 Å². The maximum absolute atomic E-state index is 11.1. The van der Waals surface area contributed by atoms with Crippen molar-refractivity contribution in [3.05, 3.63) is 35.1 Å². The van der Waals surface area contributed by atoms with Gasteiger partial charge in [-0.2, -0.15) is 4.98 Å². The highest BCUT2D eigenvalue weighted by molar-refractivity contribution is 5.94. The number of pyridine rings is 1. The lowest BCUT2D eigenvalue weighted by molar-refractivity contribution is 0.0696. The molecule has 2 aromatic heterocycles. The van der Waals surface area contributed by atoms with Crippen LogP contribution in [0.15, 0.2) is 16.8 Å². The molecule has 0 bridgehead atoms. The number of nitrogens with one attached hydrogen (secondary N) is 1. The van der Waals surface area contributed by atoms with E-state index in [4.69, 9.17) is 9.63 Å². The summed E-state index contributed by atoms with van der Waals surface area (Å²) < 4.78 is 4.92. The molecule has 0 aliphatic carbocycles. The second-order valence-electron chi connectivity index (χ2n) is 3.75. The molecule has 7 nitrogen and oxygen atoms in total. The molecule has 0 aliphatic heterocycles. The summed E-state index contributed by atoms with van der Waals surface area (Å²) >= 11 is 0. The summed E-state index contributed by atoms with van der Waals surface area (Å²) in [6, 6.07) is 1.64. The fourth-order valence-electron chi connectivity index (χ4n) is 1.53. The Morgan fingerprint density at radius 2 is 2.28 bits per heavy atom. The van der Waals surface area contributed by atoms with E-state index >= 15 is 0 Å². The molecule has 0 unspecified atom stereocenters. The van der Waals surface area contributed by atoms with E-state index in [-0.39, 0.29) is 12.1 Å². The summed E-state index contributed by atoms with van der Waals surface area (Å²) in [5.41, 5.74) is 0.787. The van der Waals surface area contributed by atoms with E-state index in [1.54, 1.807) is 26.1 Å². The van der Waals surface area contributed by atoms with Crippen molar-refractivity contribution in [3.8, 4) is 0 Å². The fourth-order valence-corrected chi connectivity index (χ4v) is 1.53. The van der Waals surface area contributed by atoms with E-state index in [1.165, 1.54) is 0 Å². The summed E-state index contributed by atoms with van der Waals surface area (Å²) in [6.07, 6.45) is 1.54. The molecule has 0 saturated heterocycles. The standard InChI is InChI=1S/C11H12N4O3/c1-6-3-4-12-10(9(6)11(16)17)13-5-8-14-7(2)15-18-8/h3-4H,5H2,1-2H3,(H,12,13)(H,16,17). The Labute approximate surface area is 103 Å². The number of aromatic carboxylic acids is 1. The summed E-state index contributed by atoms with van der Waals surface area (Å²) in [6.45, 7) is 3.66. The molecule has 2 heterocycles. The molecule has 18 heavy (non-hydrogen) atoms. The molecule has 0 atom stereocenters. The molecule has 0 amide bonds. The third-order valence-corrected chi connectivity index (χ3v) is 2.35. The third kappa shape index (κ3) is 2.45. The van der Waals surface area contributed by atoms with Gasteiger partial charge in [0.25, 0.3) is 0 Å². The van der Waals surface area contributed by atoms with Gasteiger partial charge in [0.2, 0.25) is 5.89 Å². The number of hydrogen-bond acceptors (Lipinski definition) is 6. The molecule has 2 rings (SSSR count). The van der Waals surface area contributed by atoms with Crippen LogP contribution in [0.1, 0.15) is 27.6 Å². The van der Waals surface area contributed by atoms with Crippen LogP contribution in [0.2, 0.25) is 0 Å². The van der Waals surface area contributed by atoms with E-state index in [2.05, 4.69) is 20.4 Å². The lowest BCUT2D eigenvalue weighted by atomic mass is 10.1. The number of rotatable bonds is 4. The molecular formula is C11H12N4O3. The van der Waals surface area contributed by atoms with Gasteiger partial charge < -0.3 is 14.9 Å². The van der Waals surface area contributed by atoms with Gasteiger partial charge in [0, 0.05) is 6.20 Å². The first-order chi connectivity index (χ1) is 8.58. The summed E-state index contributed by atoms with van der Waals surface area (Å²) in [5.74, 6) is 0.178.